The summed E-state index contributed by atoms with van der Waals surface area (Å²) in [4.78, 5) is 0. The van der Waals surface area contributed by atoms with E-state index < -0.39 is 0 Å². The first-order valence-electron chi connectivity index (χ1n) is 7.73. The van der Waals surface area contributed by atoms with E-state index in [0.717, 1.165) is 25.8 Å². The van der Waals surface area contributed by atoms with Gasteiger partial charge in [0.15, 0.2) is 0 Å². The van der Waals surface area contributed by atoms with Crippen LogP contribution in [0.4, 0.5) is 0 Å². The van der Waals surface area contributed by atoms with Gasteiger partial charge in [-0.3, -0.25) is 0 Å². The zero-order chi connectivity index (χ0) is 13.1. The molecule has 0 aromatic heterocycles. The van der Waals surface area contributed by atoms with E-state index in [9.17, 15) is 0 Å². The summed E-state index contributed by atoms with van der Waals surface area (Å²) in [6, 6.07) is 9.74. The molecule has 1 aromatic rings. The van der Waals surface area contributed by atoms with E-state index in [1.807, 2.05) is 0 Å². The van der Waals surface area contributed by atoms with Gasteiger partial charge in [0.1, 0.15) is 0 Å². The van der Waals surface area contributed by atoms with Gasteiger partial charge in [0.05, 0.1) is 6.61 Å². The second kappa shape index (κ2) is 5.64. The monoisotopic (exact) mass is 259 g/mol. The van der Waals surface area contributed by atoms with E-state index >= 15 is 0 Å². The number of aryl methyl sites for hydroxylation is 1. The van der Waals surface area contributed by atoms with Gasteiger partial charge < -0.3 is 10.1 Å². The minimum atomic E-state index is 0.202. The van der Waals surface area contributed by atoms with Gasteiger partial charge in [0.25, 0.3) is 0 Å². The van der Waals surface area contributed by atoms with Gasteiger partial charge in [-0.05, 0) is 50.2 Å². The summed E-state index contributed by atoms with van der Waals surface area (Å²) in [5.41, 5.74) is 3.27. The van der Waals surface area contributed by atoms with Gasteiger partial charge in [-0.2, -0.15) is 0 Å². The summed E-state index contributed by atoms with van der Waals surface area (Å²) in [7, 11) is 0. The molecule has 0 amide bonds. The second-order valence-corrected chi connectivity index (χ2v) is 6.08. The van der Waals surface area contributed by atoms with Crippen molar-refractivity contribution in [2.45, 2.75) is 50.5 Å². The minimum Gasteiger partial charge on any atom is -0.381 e. The van der Waals surface area contributed by atoms with Crippen molar-refractivity contribution in [1.82, 2.24) is 5.32 Å². The minimum absolute atomic E-state index is 0.202. The Morgan fingerprint density at radius 1 is 1.32 bits per heavy atom. The lowest BCUT2D eigenvalue weighted by atomic mass is 9.70. The number of nitrogens with one attached hydrogen (secondary N) is 1. The number of benzene rings is 1. The van der Waals surface area contributed by atoms with Gasteiger partial charge >= 0.3 is 0 Å². The van der Waals surface area contributed by atoms with Gasteiger partial charge in [-0.15, -0.1) is 0 Å². The van der Waals surface area contributed by atoms with Crippen molar-refractivity contribution in [2.24, 2.45) is 0 Å². The molecule has 1 aromatic carbocycles. The number of ether oxygens (including phenoxy) is 1. The Kier molecular flexibility index (Phi) is 3.90. The van der Waals surface area contributed by atoms with Crippen LogP contribution in [0.1, 0.15) is 43.7 Å². The van der Waals surface area contributed by atoms with Crippen molar-refractivity contribution < 1.29 is 4.74 Å². The van der Waals surface area contributed by atoms with Gasteiger partial charge in [-0.1, -0.05) is 24.3 Å². The van der Waals surface area contributed by atoms with Crippen LogP contribution < -0.4 is 5.32 Å². The average molecular weight is 259 g/mol. The Labute approximate surface area is 116 Å². The summed E-state index contributed by atoms with van der Waals surface area (Å²) in [5, 5.41) is 3.74. The molecule has 2 nitrogen and oxygen atoms in total. The van der Waals surface area contributed by atoms with Crippen molar-refractivity contribution in [2.75, 3.05) is 19.8 Å². The lowest BCUT2D eigenvalue weighted by Crippen LogP contribution is -2.45. The van der Waals surface area contributed by atoms with E-state index in [1.165, 1.54) is 43.2 Å². The predicted molar refractivity (Wildman–Crippen MR) is 78.6 cm³/mol. The Morgan fingerprint density at radius 3 is 2.95 bits per heavy atom. The molecule has 1 fully saturated rings. The molecular weight excluding hydrogens is 234 g/mol. The van der Waals surface area contributed by atoms with Crippen LogP contribution in [0.5, 0.6) is 0 Å². The quantitative estimate of drug-likeness (QED) is 0.848. The van der Waals surface area contributed by atoms with Crippen molar-refractivity contribution >= 4 is 0 Å². The molecule has 1 atom stereocenters. The summed E-state index contributed by atoms with van der Waals surface area (Å²) >= 11 is 0. The molecule has 0 radical (unpaired) electrons. The van der Waals surface area contributed by atoms with Crippen molar-refractivity contribution in [1.29, 1.82) is 0 Å². The van der Waals surface area contributed by atoms with Crippen LogP contribution in [0.2, 0.25) is 0 Å². The third kappa shape index (κ3) is 2.85. The maximum absolute atomic E-state index is 5.85. The first-order valence-corrected chi connectivity index (χ1v) is 7.73. The molecule has 0 bridgehead atoms. The number of rotatable bonds is 6. The molecule has 0 heterocycles. The van der Waals surface area contributed by atoms with Crippen LogP contribution in [0.15, 0.2) is 24.3 Å². The summed E-state index contributed by atoms with van der Waals surface area (Å²) < 4.78 is 5.85. The van der Waals surface area contributed by atoms with E-state index in [2.05, 4.69) is 36.5 Å². The van der Waals surface area contributed by atoms with Crippen molar-refractivity contribution in [3.8, 4) is 0 Å². The number of hydrogen-bond acceptors (Lipinski definition) is 2. The number of fused-ring (bicyclic) bond motifs is 1. The topological polar surface area (TPSA) is 21.3 Å². The molecule has 1 saturated carbocycles. The highest BCUT2D eigenvalue weighted by Crippen LogP contribution is 2.38. The zero-order valence-corrected chi connectivity index (χ0v) is 12.0. The van der Waals surface area contributed by atoms with E-state index in [-0.39, 0.29) is 5.41 Å². The lowest BCUT2D eigenvalue weighted by Gasteiger charge is -2.39. The molecule has 104 valence electrons. The summed E-state index contributed by atoms with van der Waals surface area (Å²) in [6.45, 7) is 4.85. The van der Waals surface area contributed by atoms with Crippen LogP contribution in [0.25, 0.3) is 0 Å². The Hall–Kier alpha value is -0.860. The second-order valence-electron chi connectivity index (χ2n) is 6.08. The molecule has 3 rings (SSSR count). The first-order chi connectivity index (χ1) is 9.34. The summed E-state index contributed by atoms with van der Waals surface area (Å²) in [5.74, 6) is 0. The number of hydrogen-bond donors (Lipinski definition) is 1. The lowest BCUT2D eigenvalue weighted by molar-refractivity contribution is 0.0818. The van der Waals surface area contributed by atoms with Gasteiger partial charge in [-0.25, -0.2) is 0 Å². The van der Waals surface area contributed by atoms with Crippen LogP contribution in [0, 0.1) is 0 Å². The van der Waals surface area contributed by atoms with Crippen molar-refractivity contribution in [3.05, 3.63) is 35.4 Å². The highest BCUT2D eigenvalue weighted by Gasteiger charge is 2.37. The molecule has 2 heteroatoms. The predicted octanol–water partition coefficient (Wildman–Crippen LogP) is 3.05. The van der Waals surface area contributed by atoms with Crippen LogP contribution in [-0.4, -0.2) is 25.8 Å². The van der Waals surface area contributed by atoms with E-state index in [4.69, 9.17) is 4.74 Å². The molecule has 1 N–H and O–H groups in total. The molecule has 1 unspecified atom stereocenters. The highest BCUT2D eigenvalue weighted by atomic mass is 16.5. The normalized spacial score (nSPS) is 26.2. The first kappa shape index (κ1) is 13.1. The maximum atomic E-state index is 5.85. The highest BCUT2D eigenvalue weighted by molar-refractivity contribution is 5.37. The largest absolute Gasteiger partial charge is 0.381 e. The van der Waals surface area contributed by atoms with Crippen LogP contribution in [-0.2, 0) is 16.6 Å². The standard InChI is InChI=1S/C17H25NO/c1-2-19-13-17(12-18-15-9-10-15)11-5-7-14-6-3-4-8-16(14)17/h3-4,6,8,15,18H,2,5,7,9-13H2,1H3. The third-order valence-corrected chi connectivity index (χ3v) is 4.58. The average Bonchev–Trinajstić information content (AvgIpc) is 3.27. The Morgan fingerprint density at radius 2 is 2.16 bits per heavy atom. The fourth-order valence-corrected chi connectivity index (χ4v) is 3.32. The fourth-order valence-electron chi connectivity index (χ4n) is 3.32. The Balaban J connectivity index is 1.84. The molecule has 0 saturated heterocycles. The third-order valence-electron chi connectivity index (χ3n) is 4.58. The molecule has 19 heavy (non-hydrogen) atoms. The van der Waals surface area contributed by atoms with Crippen molar-refractivity contribution in [3.63, 3.8) is 0 Å². The van der Waals surface area contributed by atoms with Gasteiger partial charge in [0.2, 0.25) is 0 Å². The molecule has 0 spiro atoms. The summed E-state index contributed by atoms with van der Waals surface area (Å²) in [6.07, 6.45) is 6.48. The molecule has 2 aliphatic carbocycles. The maximum Gasteiger partial charge on any atom is 0.0575 e. The van der Waals surface area contributed by atoms with Crippen LogP contribution in [0.3, 0.4) is 0 Å². The Bertz CT molecular complexity index is 427. The van der Waals surface area contributed by atoms with E-state index in [0.29, 0.717) is 0 Å². The fraction of sp³-hybridized carbons (Fsp3) is 0.647. The molecule has 2 aliphatic rings. The zero-order valence-electron chi connectivity index (χ0n) is 12.0. The SMILES string of the molecule is CCOCC1(CNC2CC2)CCCc2ccccc21. The van der Waals surface area contributed by atoms with Gasteiger partial charge in [0, 0.05) is 24.6 Å². The molecule has 0 aliphatic heterocycles. The van der Waals surface area contributed by atoms with Crippen LogP contribution >= 0.6 is 0 Å². The van der Waals surface area contributed by atoms with E-state index in [1.54, 1.807) is 0 Å². The molecular formula is C17H25NO. The smallest absolute Gasteiger partial charge is 0.0575 e.